The number of aliphatic hydroxyl groups is 1. The van der Waals surface area contributed by atoms with Gasteiger partial charge in [0.05, 0.1) is 5.69 Å². The third-order valence-electron chi connectivity index (χ3n) is 2.53. The van der Waals surface area contributed by atoms with Crippen molar-refractivity contribution < 1.29 is 5.11 Å². The number of nitrogens with two attached hydrogens (primary N) is 1. The van der Waals surface area contributed by atoms with E-state index >= 15 is 0 Å². The molecular weight excluding hydrogens is 234 g/mol. The van der Waals surface area contributed by atoms with E-state index in [9.17, 15) is 0 Å². The predicted molar refractivity (Wildman–Crippen MR) is 74.3 cm³/mol. The molecule has 1 aromatic rings. The van der Waals surface area contributed by atoms with Crippen molar-refractivity contribution in [3.8, 4) is 0 Å². The molecule has 1 rings (SSSR count). The van der Waals surface area contributed by atoms with Crippen molar-refractivity contribution in [2.24, 2.45) is 5.73 Å². The Balaban J connectivity index is 2.53. The van der Waals surface area contributed by atoms with Gasteiger partial charge in [0.25, 0.3) is 0 Å². The van der Waals surface area contributed by atoms with Gasteiger partial charge in [0.2, 0.25) is 0 Å². The van der Waals surface area contributed by atoms with Crippen LogP contribution in [0.2, 0.25) is 0 Å². The van der Waals surface area contributed by atoms with Crippen LogP contribution in [0.1, 0.15) is 25.0 Å². The van der Waals surface area contributed by atoms with Gasteiger partial charge in [-0.2, -0.15) is 0 Å². The second-order valence-corrected chi connectivity index (χ2v) is 4.39. The molecule has 0 bridgehead atoms. The molecule has 0 amide bonds. The van der Waals surface area contributed by atoms with E-state index < -0.39 is 0 Å². The molecule has 0 unspecified atom stereocenters. The summed E-state index contributed by atoms with van der Waals surface area (Å²) >= 11 is 4.90. The van der Waals surface area contributed by atoms with Crippen molar-refractivity contribution in [1.82, 2.24) is 4.98 Å². The van der Waals surface area contributed by atoms with Crippen LogP contribution in [-0.4, -0.2) is 35.3 Å². The molecule has 0 aliphatic heterocycles. The predicted octanol–water partition coefficient (Wildman–Crippen LogP) is 1.31. The Bertz CT molecular complexity index is 371. The quantitative estimate of drug-likeness (QED) is 0.567. The highest BCUT2D eigenvalue weighted by Crippen LogP contribution is 2.11. The third-order valence-corrected chi connectivity index (χ3v) is 2.74. The van der Waals surface area contributed by atoms with Gasteiger partial charge >= 0.3 is 0 Å². The fraction of sp³-hybridized carbons (Fsp3) is 0.500. The Labute approximate surface area is 107 Å². The number of aliphatic hydroxyl groups excluding tert-OH is 1. The highest BCUT2D eigenvalue weighted by Gasteiger charge is 2.04. The first-order valence-corrected chi connectivity index (χ1v) is 6.15. The number of pyridine rings is 1. The lowest BCUT2D eigenvalue weighted by Gasteiger charge is -2.18. The van der Waals surface area contributed by atoms with E-state index in [-0.39, 0.29) is 6.61 Å². The molecule has 0 aromatic carbocycles. The topological polar surface area (TPSA) is 62.4 Å². The molecule has 0 aliphatic rings. The molecule has 17 heavy (non-hydrogen) atoms. The summed E-state index contributed by atoms with van der Waals surface area (Å²) < 4.78 is 0. The summed E-state index contributed by atoms with van der Waals surface area (Å²) in [5.41, 5.74) is 6.20. The first-order valence-electron chi connectivity index (χ1n) is 5.74. The molecule has 1 aromatic heterocycles. The van der Waals surface area contributed by atoms with Gasteiger partial charge in [-0.15, -0.1) is 0 Å². The van der Waals surface area contributed by atoms with E-state index in [1.165, 1.54) is 0 Å². The van der Waals surface area contributed by atoms with Crippen molar-refractivity contribution in [1.29, 1.82) is 0 Å². The lowest BCUT2D eigenvalue weighted by atomic mass is 10.2. The Hall–Kier alpha value is -1.20. The lowest BCUT2D eigenvalue weighted by Crippen LogP contribution is -2.21. The average Bonchev–Trinajstić information content (AvgIpc) is 2.34. The normalized spacial score (nSPS) is 10.2. The molecule has 0 aliphatic carbocycles. The summed E-state index contributed by atoms with van der Waals surface area (Å²) in [5, 5.41) is 8.69. The summed E-state index contributed by atoms with van der Waals surface area (Å²) in [4.78, 5) is 6.77. The van der Waals surface area contributed by atoms with Gasteiger partial charge in [0.15, 0.2) is 0 Å². The molecule has 0 atom stereocenters. The van der Waals surface area contributed by atoms with E-state index in [0.717, 1.165) is 31.6 Å². The molecule has 1 heterocycles. The zero-order valence-electron chi connectivity index (χ0n) is 10.1. The van der Waals surface area contributed by atoms with E-state index in [1.54, 1.807) is 0 Å². The summed E-state index contributed by atoms with van der Waals surface area (Å²) in [6.45, 7) is 1.17. The van der Waals surface area contributed by atoms with Crippen LogP contribution in [0.25, 0.3) is 0 Å². The number of anilines is 1. The number of hydrogen-bond donors (Lipinski definition) is 2. The van der Waals surface area contributed by atoms with Gasteiger partial charge in [0.1, 0.15) is 10.8 Å². The monoisotopic (exact) mass is 253 g/mol. The largest absolute Gasteiger partial charge is 0.396 e. The van der Waals surface area contributed by atoms with Crippen LogP contribution in [0.15, 0.2) is 18.2 Å². The molecule has 0 radical (unpaired) electrons. The second-order valence-electron chi connectivity index (χ2n) is 3.95. The van der Waals surface area contributed by atoms with Crippen LogP contribution >= 0.6 is 12.2 Å². The molecule has 3 N–H and O–H groups in total. The molecule has 0 saturated carbocycles. The minimum atomic E-state index is 0.263. The van der Waals surface area contributed by atoms with Crippen LogP contribution in [-0.2, 0) is 0 Å². The Morgan fingerprint density at radius 2 is 2.18 bits per heavy atom. The van der Waals surface area contributed by atoms with Crippen molar-refractivity contribution in [3.05, 3.63) is 23.9 Å². The molecule has 94 valence electrons. The Kier molecular flexibility index (Phi) is 5.86. The van der Waals surface area contributed by atoms with Crippen molar-refractivity contribution >= 4 is 23.0 Å². The fourth-order valence-electron chi connectivity index (χ4n) is 1.53. The number of rotatable bonds is 7. The standard InChI is InChI=1S/C12H19N3OS/c1-15(8-3-2-4-9-16)11-7-5-6-10(14-11)12(13)17/h5-7,16H,2-4,8-9H2,1H3,(H2,13,17). The molecule has 0 fully saturated rings. The number of unbranched alkanes of at least 4 members (excludes halogenated alkanes) is 2. The Morgan fingerprint density at radius 3 is 2.82 bits per heavy atom. The maximum atomic E-state index is 8.69. The third kappa shape index (κ3) is 4.66. The first-order chi connectivity index (χ1) is 8.15. The van der Waals surface area contributed by atoms with Crippen LogP contribution in [0.4, 0.5) is 5.82 Å². The summed E-state index contributed by atoms with van der Waals surface area (Å²) in [6.07, 6.45) is 2.92. The number of thiocarbonyl (C=S) groups is 1. The minimum Gasteiger partial charge on any atom is -0.396 e. The van der Waals surface area contributed by atoms with Crippen LogP contribution < -0.4 is 10.6 Å². The van der Waals surface area contributed by atoms with E-state index in [2.05, 4.69) is 9.88 Å². The van der Waals surface area contributed by atoms with E-state index in [1.807, 2.05) is 25.2 Å². The molecule has 0 saturated heterocycles. The van der Waals surface area contributed by atoms with Gasteiger partial charge < -0.3 is 15.7 Å². The van der Waals surface area contributed by atoms with Gasteiger partial charge in [-0.25, -0.2) is 4.98 Å². The highest BCUT2D eigenvalue weighted by atomic mass is 32.1. The van der Waals surface area contributed by atoms with Gasteiger partial charge in [0, 0.05) is 20.2 Å². The first kappa shape index (κ1) is 13.9. The average molecular weight is 253 g/mol. The highest BCUT2D eigenvalue weighted by molar-refractivity contribution is 7.80. The maximum Gasteiger partial charge on any atom is 0.129 e. The summed E-state index contributed by atoms with van der Waals surface area (Å²) in [6, 6.07) is 5.65. The molecule has 4 nitrogen and oxygen atoms in total. The number of aromatic nitrogens is 1. The van der Waals surface area contributed by atoms with E-state index in [4.69, 9.17) is 23.1 Å². The Morgan fingerprint density at radius 1 is 1.41 bits per heavy atom. The van der Waals surface area contributed by atoms with E-state index in [0.29, 0.717) is 10.7 Å². The van der Waals surface area contributed by atoms with Gasteiger partial charge in [-0.05, 0) is 31.4 Å². The second kappa shape index (κ2) is 7.19. The van der Waals surface area contributed by atoms with Crippen molar-refractivity contribution in [2.75, 3.05) is 25.1 Å². The zero-order valence-corrected chi connectivity index (χ0v) is 10.9. The SMILES string of the molecule is CN(CCCCCO)c1cccc(C(N)=S)n1. The molecule has 5 heteroatoms. The fourth-order valence-corrected chi connectivity index (χ4v) is 1.64. The summed E-state index contributed by atoms with van der Waals surface area (Å²) in [5.74, 6) is 0.874. The minimum absolute atomic E-state index is 0.263. The number of hydrogen-bond acceptors (Lipinski definition) is 4. The smallest absolute Gasteiger partial charge is 0.129 e. The maximum absolute atomic E-state index is 8.69. The van der Waals surface area contributed by atoms with Crippen LogP contribution in [0, 0.1) is 0 Å². The summed E-state index contributed by atoms with van der Waals surface area (Å²) in [7, 11) is 1.99. The van der Waals surface area contributed by atoms with Crippen LogP contribution in [0.5, 0.6) is 0 Å². The number of nitrogens with zero attached hydrogens (tertiary/aromatic N) is 2. The van der Waals surface area contributed by atoms with Crippen molar-refractivity contribution in [3.63, 3.8) is 0 Å². The zero-order chi connectivity index (χ0) is 12.7. The van der Waals surface area contributed by atoms with Crippen molar-refractivity contribution in [2.45, 2.75) is 19.3 Å². The molecule has 0 spiro atoms. The molecular formula is C12H19N3OS. The van der Waals surface area contributed by atoms with Gasteiger partial charge in [-0.3, -0.25) is 0 Å². The van der Waals surface area contributed by atoms with Crippen LogP contribution in [0.3, 0.4) is 0 Å². The van der Waals surface area contributed by atoms with Gasteiger partial charge in [-0.1, -0.05) is 18.3 Å². The lowest BCUT2D eigenvalue weighted by molar-refractivity contribution is 0.283.